The highest BCUT2D eigenvalue weighted by molar-refractivity contribution is 9.10. The van der Waals surface area contributed by atoms with Crippen molar-refractivity contribution in [3.8, 4) is 11.5 Å². The van der Waals surface area contributed by atoms with E-state index in [4.69, 9.17) is 9.47 Å². The lowest BCUT2D eigenvalue weighted by Crippen LogP contribution is -2.33. The maximum Gasteiger partial charge on any atom is 0.252 e. The molecule has 1 fully saturated rings. The van der Waals surface area contributed by atoms with Crippen molar-refractivity contribution < 1.29 is 9.47 Å². The number of anilines is 1. The monoisotopic (exact) mass is 434 g/mol. The normalized spacial score (nSPS) is 17.3. The van der Waals surface area contributed by atoms with Crippen molar-refractivity contribution in [2.24, 2.45) is 0 Å². The second-order valence-electron chi connectivity index (χ2n) is 7.24. The number of halogens is 1. The molecule has 0 radical (unpaired) electrons. The van der Waals surface area contributed by atoms with Crippen LogP contribution in [0.3, 0.4) is 0 Å². The lowest BCUT2D eigenvalue weighted by atomic mass is 9.93. The van der Waals surface area contributed by atoms with Gasteiger partial charge in [0, 0.05) is 37.1 Å². The summed E-state index contributed by atoms with van der Waals surface area (Å²) in [7, 11) is 3.77. The molecule has 8 heteroatoms. The molecule has 27 heavy (non-hydrogen) atoms. The van der Waals surface area contributed by atoms with Gasteiger partial charge in [-0.05, 0) is 43.6 Å². The van der Waals surface area contributed by atoms with E-state index in [1.807, 2.05) is 25.1 Å². The largest absolute Gasteiger partial charge is 0.454 e. The molecule has 1 N–H and O–H groups in total. The Kier molecular flexibility index (Phi) is 5.10. The lowest BCUT2D eigenvalue weighted by molar-refractivity contribution is 0.173. The van der Waals surface area contributed by atoms with Gasteiger partial charge in [-0.1, -0.05) is 15.9 Å². The molecule has 2 aliphatic heterocycles. The van der Waals surface area contributed by atoms with E-state index in [0.717, 1.165) is 54.1 Å². The van der Waals surface area contributed by atoms with Gasteiger partial charge in [-0.25, -0.2) is 4.98 Å². The van der Waals surface area contributed by atoms with Crippen LogP contribution in [0, 0.1) is 0 Å². The number of piperidine rings is 1. The molecule has 4 rings (SSSR count). The van der Waals surface area contributed by atoms with E-state index in [1.54, 1.807) is 6.07 Å². The van der Waals surface area contributed by atoms with Crippen LogP contribution in [0.5, 0.6) is 11.5 Å². The molecule has 1 aromatic heterocycles. The number of nitrogens with zero attached hydrogens (tertiary/aromatic N) is 3. The predicted molar refractivity (Wildman–Crippen MR) is 107 cm³/mol. The summed E-state index contributed by atoms with van der Waals surface area (Å²) >= 11 is 3.64. The fourth-order valence-corrected chi connectivity index (χ4v) is 4.04. The van der Waals surface area contributed by atoms with E-state index in [9.17, 15) is 4.79 Å². The Morgan fingerprint density at radius 1 is 1.22 bits per heavy atom. The van der Waals surface area contributed by atoms with E-state index < -0.39 is 0 Å². The van der Waals surface area contributed by atoms with E-state index in [-0.39, 0.29) is 12.4 Å². The number of fused-ring (bicyclic) bond motifs is 1. The molecule has 0 amide bonds. The lowest BCUT2D eigenvalue weighted by Gasteiger charge is -2.32. The Morgan fingerprint density at radius 3 is 2.63 bits per heavy atom. The number of benzene rings is 1. The second-order valence-corrected chi connectivity index (χ2v) is 8.09. The van der Waals surface area contributed by atoms with E-state index >= 15 is 0 Å². The Morgan fingerprint density at radius 2 is 1.93 bits per heavy atom. The van der Waals surface area contributed by atoms with Crippen LogP contribution in [0.2, 0.25) is 0 Å². The summed E-state index contributed by atoms with van der Waals surface area (Å²) in [6.45, 7) is 3.08. The van der Waals surface area contributed by atoms with Gasteiger partial charge in [-0.15, -0.1) is 0 Å². The molecule has 0 atom stereocenters. The zero-order valence-electron chi connectivity index (χ0n) is 15.5. The number of rotatable bonds is 4. The highest BCUT2D eigenvalue weighted by atomic mass is 79.9. The highest BCUT2D eigenvalue weighted by Gasteiger charge is 2.24. The molecule has 144 valence electrons. The third kappa shape index (κ3) is 3.96. The van der Waals surface area contributed by atoms with E-state index in [1.165, 1.54) is 5.56 Å². The molecule has 1 saturated heterocycles. The number of nitrogens with one attached hydrogen (secondary N) is 1. The Bertz CT molecular complexity index is 891. The average molecular weight is 435 g/mol. The molecule has 0 spiro atoms. The van der Waals surface area contributed by atoms with Crippen molar-refractivity contribution in [2.45, 2.75) is 25.3 Å². The summed E-state index contributed by atoms with van der Waals surface area (Å²) in [6.07, 6.45) is 1.98. The number of ether oxygens (including phenoxy) is 2. The SMILES string of the molecule is CN(C)c1nc(C2CCN(Cc3cc4c(cc3Br)OCO4)CC2)cc(=O)[nH]1. The minimum atomic E-state index is -0.0876. The first-order valence-corrected chi connectivity index (χ1v) is 9.88. The minimum absolute atomic E-state index is 0.0876. The second kappa shape index (κ2) is 7.52. The highest BCUT2D eigenvalue weighted by Crippen LogP contribution is 2.38. The van der Waals surface area contributed by atoms with Gasteiger partial charge in [-0.3, -0.25) is 14.7 Å². The Hall–Kier alpha value is -2.06. The first-order chi connectivity index (χ1) is 13.0. The summed E-state index contributed by atoms with van der Waals surface area (Å²) in [4.78, 5) is 23.6. The first kappa shape index (κ1) is 18.3. The molecule has 2 aromatic rings. The summed E-state index contributed by atoms with van der Waals surface area (Å²) in [5, 5.41) is 0. The molecular weight excluding hydrogens is 412 g/mol. The zero-order valence-corrected chi connectivity index (χ0v) is 17.1. The van der Waals surface area contributed by atoms with Crippen molar-refractivity contribution in [2.75, 3.05) is 38.9 Å². The van der Waals surface area contributed by atoms with Crippen molar-refractivity contribution >= 4 is 21.9 Å². The van der Waals surface area contributed by atoms with Crippen LogP contribution < -0.4 is 19.9 Å². The third-order valence-electron chi connectivity index (χ3n) is 5.11. The predicted octanol–water partition coefficient (Wildman–Crippen LogP) is 2.71. The van der Waals surface area contributed by atoms with Crippen LogP contribution in [0.4, 0.5) is 5.95 Å². The van der Waals surface area contributed by atoms with E-state index in [0.29, 0.717) is 11.9 Å². The smallest absolute Gasteiger partial charge is 0.252 e. The number of hydrogen-bond acceptors (Lipinski definition) is 6. The summed E-state index contributed by atoms with van der Waals surface area (Å²) < 4.78 is 12.0. The molecule has 7 nitrogen and oxygen atoms in total. The topological polar surface area (TPSA) is 70.7 Å². The quantitative estimate of drug-likeness (QED) is 0.797. The summed E-state index contributed by atoms with van der Waals surface area (Å²) in [5.74, 6) is 2.54. The van der Waals surface area contributed by atoms with Gasteiger partial charge in [0.25, 0.3) is 5.56 Å². The fourth-order valence-electron chi connectivity index (χ4n) is 3.59. The maximum absolute atomic E-state index is 11.9. The van der Waals surface area contributed by atoms with Gasteiger partial charge in [-0.2, -0.15) is 0 Å². The van der Waals surface area contributed by atoms with Gasteiger partial charge in [0.1, 0.15) is 0 Å². The van der Waals surface area contributed by atoms with Gasteiger partial charge < -0.3 is 14.4 Å². The number of aromatic nitrogens is 2. The fraction of sp³-hybridized carbons (Fsp3) is 0.474. The summed E-state index contributed by atoms with van der Waals surface area (Å²) in [5.41, 5.74) is 2.00. The molecule has 2 aliphatic rings. The molecule has 3 heterocycles. The van der Waals surface area contributed by atoms with Gasteiger partial charge >= 0.3 is 0 Å². The standard InChI is InChI=1S/C19H23BrN4O3/c1-23(2)19-21-15(9-18(25)22-19)12-3-5-24(6-4-12)10-13-7-16-17(8-14(13)20)27-11-26-16/h7-9,12H,3-6,10-11H2,1-2H3,(H,21,22,25). The van der Waals surface area contributed by atoms with Crippen LogP contribution in [0.25, 0.3) is 0 Å². The first-order valence-electron chi connectivity index (χ1n) is 9.08. The van der Waals surface area contributed by atoms with Crippen LogP contribution >= 0.6 is 15.9 Å². The van der Waals surface area contributed by atoms with Crippen molar-refractivity contribution in [1.29, 1.82) is 0 Å². The molecule has 0 bridgehead atoms. The van der Waals surface area contributed by atoms with Crippen LogP contribution in [-0.4, -0.2) is 48.8 Å². The number of H-pyrrole nitrogens is 1. The molecular formula is C19H23BrN4O3. The van der Waals surface area contributed by atoms with Crippen LogP contribution in [0.15, 0.2) is 27.5 Å². The molecule has 0 unspecified atom stereocenters. The van der Waals surface area contributed by atoms with Crippen LogP contribution in [-0.2, 0) is 6.54 Å². The Balaban J connectivity index is 1.42. The average Bonchev–Trinajstić information content (AvgIpc) is 3.09. The molecule has 0 aliphatic carbocycles. The van der Waals surface area contributed by atoms with Crippen molar-refractivity contribution in [1.82, 2.24) is 14.9 Å². The maximum atomic E-state index is 11.9. The van der Waals surface area contributed by atoms with Gasteiger partial charge in [0.2, 0.25) is 12.7 Å². The van der Waals surface area contributed by atoms with E-state index in [2.05, 4.69) is 36.9 Å². The van der Waals surface area contributed by atoms with Crippen molar-refractivity contribution in [3.63, 3.8) is 0 Å². The number of hydrogen-bond donors (Lipinski definition) is 1. The number of aromatic amines is 1. The summed E-state index contributed by atoms with van der Waals surface area (Å²) in [6, 6.07) is 5.68. The van der Waals surface area contributed by atoms with Gasteiger partial charge in [0.15, 0.2) is 11.5 Å². The molecule has 0 saturated carbocycles. The minimum Gasteiger partial charge on any atom is -0.454 e. The third-order valence-corrected chi connectivity index (χ3v) is 5.85. The van der Waals surface area contributed by atoms with Crippen molar-refractivity contribution in [3.05, 3.63) is 44.3 Å². The number of likely N-dealkylation sites (tertiary alicyclic amines) is 1. The van der Waals surface area contributed by atoms with Crippen LogP contribution in [0.1, 0.15) is 30.0 Å². The zero-order chi connectivity index (χ0) is 19.0. The molecule has 1 aromatic carbocycles. The van der Waals surface area contributed by atoms with Gasteiger partial charge in [0.05, 0.1) is 5.69 Å². The Labute approximate surface area is 166 Å².